The number of hydrogen-bond acceptors (Lipinski definition) is 4. The van der Waals surface area contributed by atoms with Gasteiger partial charge in [-0.1, -0.05) is 17.7 Å². The molecule has 0 saturated carbocycles. The zero-order chi connectivity index (χ0) is 23.5. The van der Waals surface area contributed by atoms with E-state index in [4.69, 9.17) is 9.47 Å². The van der Waals surface area contributed by atoms with Crippen molar-refractivity contribution >= 4 is 10.8 Å². The van der Waals surface area contributed by atoms with Crippen molar-refractivity contribution in [1.29, 1.82) is 0 Å². The molecule has 0 bridgehead atoms. The van der Waals surface area contributed by atoms with Gasteiger partial charge in [-0.25, -0.2) is 4.39 Å². The zero-order valence-corrected chi connectivity index (χ0v) is 16.8. The molecular formula is C23H13F5N2O3. The summed E-state index contributed by atoms with van der Waals surface area (Å²) in [5, 5.41) is 4.59. The Hall–Kier alpha value is -3.95. The molecule has 0 N–H and O–H groups in total. The summed E-state index contributed by atoms with van der Waals surface area (Å²) in [4.78, 5) is 13.2. The van der Waals surface area contributed by atoms with Crippen LogP contribution in [0.1, 0.15) is 11.1 Å². The molecule has 0 spiro atoms. The number of hydrogen-bond donors (Lipinski definition) is 0. The third kappa shape index (κ3) is 3.38. The number of nitrogens with zero attached hydrogens (tertiary/aromatic N) is 2. The molecule has 3 aromatic carbocycles. The number of ether oxygens (including phenoxy) is 2. The lowest BCUT2D eigenvalue weighted by molar-refractivity contribution is -0.137. The van der Waals surface area contributed by atoms with Crippen molar-refractivity contribution in [3.05, 3.63) is 81.6 Å². The van der Waals surface area contributed by atoms with E-state index >= 15 is 4.39 Å². The van der Waals surface area contributed by atoms with Gasteiger partial charge in [-0.3, -0.25) is 4.79 Å². The summed E-state index contributed by atoms with van der Waals surface area (Å²) < 4.78 is 79.4. The summed E-state index contributed by atoms with van der Waals surface area (Å²) in [6, 6.07) is 9.77. The smallest absolute Gasteiger partial charge is 0.416 e. The molecule has 4 aromatic rings. The lowest BCUT2D eigenvalue weighted by Gasteiger charge is -2.14. The van der Waals surface area contributed by atoms with Gasteiger partial charge in [-0.05, 0) is 43.3 Å². The Morgan fingerprint density at radius 2 is 1.67 bits per heavy atom. The highest BCUT2D eigenvalue weighted by atomic mass is 19.4. The molecule has 1 aliphatic heterocycles. The third-order valence-electron chi connectivity index (χ3n) is 5.29. The second-order valence-electron chi connectivity index (χ2n) is 7.45. The van der Waals surface area contributed by atoms with Crippen LogP contribution in [-0.2, 0) is 6.18 Å². The minimum absolute atomic E-state index is 0.0271. The SMILES string of the molecule is Cc1ccc2c(-c3cc4c(c(F)c3F)OCO4)nn(-c3ccc(C(F)(F)F)cc3)c(=O)c2c1. The molecular weight excluding hydrogens is 447 g/mol. The van der Waals surface area contributed by atoms with E-state index in [9.17, 15) is 22.4 Å². The van der Waals surface area contributed by atoms with E-state index in [0.29, 0.717) is 5.56 Å². The fourth-order valence-corrected chi connectivity index (χ4v) is 3.67. The van der Waals surface area contributed by atoms with Crippen LogP contribution in [0.5, 0.6) is 11.5 Å². The highest BCUT2D eigenvalue weighted by Gasteiger charge is 2.30. The van der Waals surface area contributed by atoms with E-state index in [1.807, 2.05) is 0 Å². The third-order valence-corrected chi connectivity index (χ3v) is 5.29. The lowest BCUT2D eigenvalue weighted by atomic mass is 10.0. The van der Waals surface area contributed by atoms with Crippen LogP contribution in [-0.4, -0.2) is 16.6 Å². The van der Waals surface area contributed by atoms with Crippen LogP contribution in [0.3, 0.4) is 0 Å². The van der Waals surface area contributed by atoms with Gasteiger partial charge in [0.05, 0.1) is 16.6 Å². The zero-order valence-electron chi connectivity index (χ0n) is 16.8. The second-order valence-corrected chi connectivity index (χ2v) is 7.45. The molecule has 1 aliphatic rings. The fraction of sp³-hybridized carbons (Fsp3) is 0.130. The molecule has 0 saturated heterocycles. The lowest BCUT2D eigenvalue weighted by Crippen LogP contribution is -2.22. The average Bonchev–Trinajstić information content (AvgIpc) is 3.25. The normalized spacial score (nSPS) is 13.0. The molecule has 0 amide bonds. The Balaban J connectivity index is 1.80. The average molecular weight is 460 g/mol. The van der Waals surface area contributed by atoms with Gasteiger partial charge in [0.1, 0.15) is 5.69 Å². The van der Waals surface area contributed by atoms with Crippen LogP contribution in [0.4, 0.5) is 22.0 Å². The highest BCUT2D eigenvalue weighted by Crippen LogP contribution is 2.41. The van der Waals surface area contributed by atoms with Gasteiger partial charge in [-0.15, -0.1) is 0 Å². The molecule has 1 aromatic heterocycles. The fourth-order valence-electron chi connectivity index (χ4n) is 3.67. The molecule has 0 aliphatic carbocycles. The first-order chi connectivity index (χ1) is 15.6. The number of benzene rings is 3. The van der Waals surface area contributed by atoms with Crippen molar-refractivity contribution in [2.45, 2.75) is 13.1 Å². The minimum Gasteiger partial charge on any atom is -0.453 e. The summed E-state index contributed by atoms with van der Waals surface area (Å²) in [5.41, 5.74) is -1.16. The van der Waals surface area contributed by atoms with Gasteiger partial charge in [0, 0.05) is 10.9 Å². The maximum absolute atomic E-state index is 15.0. The van der Waals surface area contributed by atoms with Gasteiger partial charge in [0.25, 0.3) is 5.56 Å². The van der Waals surface area contributed by atoms with Crippen molar-refractivity contribution in [2.75, 3.05) is 6.79 Å². The Bertz CT molecular complexity index is 1480. The molecule has 33 heavy (non-hydrogen) atoms. The maximum atomic E-state index is 15.0. The summed E-state index contributed by atoms with van der Waals surface area (Å²) in [7, 11) is 0. The van der Waals surface area contributed by atoms with Gasteiger partial charge in [-0.2, -0.15) is 27.3 Å². The molecule has 0 unspecified atom stereocenters. The second kappa shape index (κ2) is 7.29. The number of fused-ring (bicyclic) bond motifs is 2. The van der Waals surface area contributed by atoms with Gasteiger partial charge >= 0.3 is 6.18 Å². The summed E-state index contributed by atoms with van der Waals surface area (Å²) in [6.45, 7) is 1.45. The van der Waals surface area contributed by atoms with Crippen LogP contribution in [0.2, 0.25) is 0 Å². The highest BCUT2D eigenvalue weighted by molar-refractivity contribution is 5.95. The van der Waals surface area contributed by atoms with Crippen molar-refractivity contribution in [3.63, 3.8) is 0 Å². The van der Waals surface area contributed by atoms with E-state index in [0.717, 1.165) is 28.9 Å². The van der Waals surface area contributed by atoms with E-state index in [-0.39, 0.29) is 46.0 Å². The summed E-state index contributed by atoms with van der Waals surface area (Å²) in [5.74, 6) is -2.92. The monoisotopic (exact) mass is 460 g/mol. The quantitative estimate of drug-likeness (QED) is 0.377. The molecule has 168 valence electrons. The van der Waals surface area contributed by atoms with Crippen LogP contribution in [0.25, 0.3) is 27.7 Å². The molecule has 5 rings (SSSR count). The van der Waals surface area contributed by atoms with Crippen LogP contribution < -0.4 is 15.0 Å². The topological polar surface area (TPSA) is 53.4 Å². The molecule has 0 radical (unpaired) electrons. The van der Waals surface area contributed by atoms with E-state index in [2.05, 4.69) is 5.10 Å². The number of alkyl halides is 3. The predicted octanol–water partition coefficient (Wildman–Crippen LogP) is 5.39. The number of halogens is 5. The Morgan fingerprint density at radius 1 is 0.939 bits per heavy atom. The number of rotatable bonds is 2. The Labute approximate surface area is 182 Å². The van der Waals surface area contributed by atoms with Gasteiger partial charge in [0.15, 0.2) is 11.6 Å². The van der Waals surface area contributed by atoms with E-state index < -0.39 is 28.9 Å². The van der Waals surface area contributed by atoms with Gasteiger partial charge in [0.2, 0.25) is 18.4 Å². The van der Waals surface area contributed by atoms with Crippen molar-refractivity contribution < 1.29 is 31.4 Å². The Kier molecular flexibility index (Phi) is 4.62. The summed E-state index contributed by atoms with van der Waals surface area (Å²) >= 11 is 0. The van der Waals surface area contributed by atoms with Crippen LogP contribution in [0, 0.1) is 18.6 Å². The van der Waals surface area contributed by atoms with Crippen molar-refractivity contribution in [1.82, 2.24) is 9.78 Å². The molecule has 2 heterocycles. The molecule has 0 fully saturated rings. The minimum atomic E-state index is -4.56. The van der Waals surface area contributed by atoms with Gasteiger partial charge < -0.3 is 9.47 Å². The standard InChI is InChI=1S/C23H13F5N2O3/c1-11-2-7-14-15(8-11)22(31)30(13-5-3-12(4-6-13)23(26,27)28)29-20(14)16-9-17-21(33-10-32-17)19(25)18(16)24/h2-9H,10H2,1H3. The first-order valence-electron chi connectivity index (χ1n) is 9.64. The van der Waals surface area contributed by atoms with Crippen molar-refractivity contribution in [2.24, 2.45) is 0 Å². The van der Waals surface area contributed by atoms with E-state index in [1.165, 1.54) is 6.07 Å². The number of aryl methyl sites for hydroxylation is 1. The molecule has 0 atom stereocenters. The Morgan fingerprint density at radius 3 is 2.36 bits per heavy atom. The first kappa shape index (κ1) is 20.9. The predicted molar refractivity (Wildman–Crippen MR) is 109 cm³/mol. The van der Waals surface area contributed by atoms with Crippen LogP contribution in [0.15, 0.2) is 53.3 Å². The molecule has 10 heteroatoms. The summed E-state index contributed by atoms with van der Waals surface area (Å²) in [6.07, 6.45) is -4.56. The first-order valence-corrected chi connectivity index (χ1v) is 9.64. The number of aromatic nitrogens is 2. The molecule has 5 nitrogen and oxygen atoms in total. The van der Waals surface area contributed by atoms with Crippen molar-refractivity contribution in [3.8, 4) is 28.4 Å². The maximum Gasteiger partial charge on any atom is 0.416 e. The van der Waals surface area contributed by atoms with E-state index in [1.54, 1.807) is 25.1 Å². The van der Waals surface area contributed by atoms with Crippen LogP contribution >= 0.6 is 0 Å². The largest absolute Gasteiger partial charge is 0.453 e.